The van der Waals surface area contributed by atoms with E-state index in [-0.39, 0.29) is 0 Å². The fourth-order valence-electron chi connectivity index (χ4n) is 2.36. The second-order valence-electron chi connectivity index (χ2n) is 4.15. The van der Waals surface area contributed by atoms with Crippen LogP contribution in [0.15, 0.2) is 0 Å². The van der Waals surface area contributed by atoms with Crippen molar-refractivity contribution in [2.75, 3.05) is 26.2 Å². The van der Waals surface area contributed by atoms with E-state index in [1.807, 2.05) is 0 Å². The topological polar surface area (TPSA) is 15.3 Å². The molecule has 2 heterocycles. The molecule has 2 heteroatoms. The molecule has 0 bridgehead atoms. The highest BCUT2D eigenvalue weighted by molar-refractivity contribution is 4.78. The highest BCUT2D eigenvalue weighted by atomic mass is 15.2. The summed E-state index contributed by atoms with van der Waals surface area (Å²) in [6, 6.07) is 0.803. The van der Waals surface area contributed by atoms with Crippen molar-refractivity contribution in [3.63, 3.8) is 0 Å². The lowest BCUT2D eigenvalue weighted by Gasteiger charge is -2.27. The Labute approximate surface area is 75.3 Å². The Morgan fingerprint density at radius 1 is 1.08 bits per heavy atom. The Morgan fingerprint density at radius 3 is 2.58 bits per heavy atom. The highest BCUT2D eigenvalue weighted by Gasteiger charge is 2.18. The Kier molecular flexibility index (Phi) is 3.01. The van der Waals surface area contributed by atoms with E-state index in [0.29, 0.717) is 0 Å². The minimum absolute atomic E-state index is 0.803. The van der Waals surface area contributed by atoms with Crippen molar-refractivity contribution in [2.45, 2.75) is 38.1 Å². The molecule has 0 amide bonds. The van der Waals surface area contributed by atoms with Crippen molar-refractivity contribution in [1.82, 2.24) is 10.2 Å². The van der Waals surface area contributed by atoms with Crippen molar-refractivity contribution in [2.24, 2.45) is 0 Å². The number of nitrogens with zero attached hydrogens (tertiary/aromatic N) is 1. The third-order valence-corrected chi connectivity index (χ3v) is 3.09. The van der Waals surface area contributed by atoms with Gasteiger partial charge in [0.2, 0.25) is 0 Å². The van der Waals surface area contributed by atoms with Crippen molar-refractivity contribution in [3.8, 4) is 0 Å². The lowest BCUT2D eigenvalue weighted by atomic mass is 10.0. The third kappa shape index (κ3) is 2.20. The quantitative estimate of drug-likeness (QED) is 0.667. The Morgan fingerprint density at radius 2 is 1.92 bits per heavy atom. The number of piperidine rings is 1. The number of hydrogen-bond acceptors (Lipinski definition) is 2. The molecule has 0 aromatic carbocycles. The van der Waals surface area contributed by atoms with Gasteiger partial charge >= 0.3 is 0 Å². The number of rotatable bonds is 2. The van der Waals surface area contributed by atoms with Gasteiger partial charge < -0.3 is 10.2 Å². The summed E-state index contributed by atoms with van der Waals surface area (Å²) in [5, 5.41) is 3.60. The van der Waals surface area contributed by atoms with Gasteiger partial charge in [-0.2, -0.15) is 0 Å². The molecule has 0 aromatic heterocycles. The van der Waals surface area contributed by atoms with Crippen LogP contribution in [0.5, 0.6) is 0 Å². The first-order valence-corrected chi connectivity index (χ1v) is 5.41. The molecule has 2 aliphatic rings. The molecule has 1 atom stereocenters. The van der Waals surface area contributed by atoms with Crippen molar-refractivity contribution >= 4 is 0 Å². The number of likely N-dealkylation sites (tertiary alicyclic amines) is 1. The van der Waals surface area contributed by atoms with Gasteiger partial charge in [0.15, 0.2) is 0 Å². The largest absolute Gasteiger partial charge is 0.313 e. The van der Waals surface area contributed by atoms with Gasteiger partial charge in [0.1, 0.15) is 0 Å². The molecular weight excluding hydrogens is 148 g/mol. The summed E-state index contributed by atoms with van der Waals surface area (Å²) < 4.78 is 0. The third-order valence-electron chi connectivity index (χ3n) is 3.09. The predicted octanol–water partition coefficient (Wildman–Crippen LogP) is 1.22. The van der Waals surface area contributed by atoms with Gasteiger partial charge in [0.05, 0.1) is 0 Å². The van der Waals surface area contributed by atoms with Crippen LogP contribution in [0.3, 0.4) is 0 Å². The number of nitrogens with one attached hydrogen (secondary N) is 1. The zero-order chi connectivity index (χ0) is 8.23. The zero-order valence-corrected chi connectivity index (χ0v) is 7.89. The Balaban J connectivity index is 1.69. The molecule has 1 N–H and O–H groups in total. The molecule has 2 rings (SSSR count). The molecule has 12 heavy (non-hydrogen) atoms. The fraction of sp³-hybridized carbons (Fsp3) is 1.00. The van der Waals surface area contributed by atoms with Gasteiger partial charge in [0, 0.05) is 12.6 Å². The minimum atomic E-state index is 0.803. The summed E-state index contributed by atoms with van der Waals surface area (Å²) in [5.74, 6) is 0. The molecule has 0 saturated carbocycles. The molecule has 2 saturated heterocycles. The summed E-state index contributed by atoms with van der Waals surface area (Å²) in [6.07, 6.45) is 7.07. The van der Waals surface area contributed by atoms with Crippen LogP contribution < -0.4 is 5.32 Å². The van der Waals surface area contributed by atoms with Gasteiger partial charge in [-0.25, -0.2) is 0 Å². The predicted molar refractivity (Wildman–Crippen MR) is 51.3 cm³/mol. The van der Waals surface area contributed by atoms with Gasteiger partial charge in [-0.3, -0.25) is 0 Å². The average Bonchev–Trinajstić information content (AvgIpc) is 2.59. The smallest absolute Gasteiger partial charge is 0.0195 e. The summed E-state index contributed by atoms with van der Waals surface area (Å²) in [7, 11) is 0. The van der Waals surface area contributed by atoms with E-state index in [1.165, 1.54) is 58.3 Å². The molecule has 0 radical (unpaired) electrons. The maximum Gasteiger partial charge on any atom is 0.0195 e. The first-order valence-electron chi connectivity index (χ1n) is 5.41. The average molecular weight is 168 g/mol. The monoisotopic (exact) mass is 168 g/mol. The van der Waals surface area contributed by atoms with Crippen molar-refractivity contribution < 1.29 is 0 Å². The first-order chi connectivity index (χ1) is 5.95. The van der Waals surface area contributed by atoms with E-state index in [9.17, 15) is 0 Å². The standard InChI is InChI=1S/C10H20N2/c1-2-6-11-10(5-1)9-12-7-3-4-8-12/h10-11H,1-9H2/t10-/m1/s1. The Bertz CT molecular complexity index is 124. The Hall–Kier alpha value is -0.0800. The highest BCUT2D eigenvalue weighted by Crippen LogP contribution is 2.12. The van der Waals surface area contributed by atoms with Crippen LogP contribution >= 0.6 is 0 Å². The summed E-state index contributed by atoms with van der Waals surface area (Å²) in [5.41, 5.74) is 0. The van der Waals surface area contributed by atoms with Crippen LogP contribution in [0.1, 0.15) is 32.1 Å². The van der Waals surface area contributed by atoms with Crippen molar-refractivity contribution in [3.05, 3.63) is 0 Å². The second kappa shape index (κ2) is 4.24. The van der Waals surface area contributed by atoms with E-state index < -0.39 is 0 Å². The molecule has 0 aliphatic carbocycles. The maximum atomic E-state index is 3.60. The molecule has 2 nitrogen and oxygen atoms in total. The van der Waals surface area contributed by atoms with Crippen LogP contribution in [0.4, 0.5) is 0 Å². The van der Waals surface area contributed by atoms with Crippen LogP contribution in [0.2, 0.25) is 0 Å². The molecule has 2 aliphatic heterocycles. The van der Waals surface area contributed by atoms with Crippen LogP contribution in [-0.4, -0.2) is 37.1 Å². The van der Waals surface area contributed by atoms with Gasteiger partial charge in [-0.15, -0.1) is 0 Å². The van der Waals surface area contributed by atoms with E-state index in [1.54, 1.807) is 0 Å². The SMILES string of the molecule is C1CC[C@H](CN2CCCC2)NC1. The fourth-order valence-corrected chi connectivity index (χ4v) is 2.36. The van der Waals surface area contributed by atoms with Crippen LogP contribution in [-0.2, 0) is 0 Å². The van der Waals surface area contributed by atoms with E-state index >= 15 is 0 Å². The molecule has 0 aromatic rings. The van der Waals surface area contributed by atoms with E-state index in [0.717, 1.165) is 6.04 Å². The van der Waals surface area contributed by atoms with Crippen LogP contribution in [0.25, 0.3) is 0 Å². The van der Waals surface area contributed by atoms with E-state index in [2.05, 4.69) is 10.2 Å². The molecule has 0 spiro atoms. The molecule has 0 unspecified atom stereocenters. The lowest BCUT2D eigenvalue weighted by Crippen LogP contribution is -2.42. The lowest BCUT2D eigenvalue weighted by molar-refractivity contribution is 0.263. The molecule has 2 fully saturated rings. The second-order valence-corrected chi connectivity index (χ2v) is 4.15. The maximum absolute atomic E-state index is 3.60. The normalized spacial score (nSPS) is 32.5. The zero-order valence-electron chi connectivity index (χ0n) is 7.89. The number of hydrogen-bond donors (Lipinski definition) is 1. The van der Waals surface area contributed by atoms with Crippen molar-refractivity contribution in [1.29, 1.82) is 0 Å². The van der Waals surface area contributed by atoms with Gasteiger partial charge in [0.25, 0.3) is 0 Å². The summed E-state index contributed by atoms with van der Waals surface area (Å²) >= 11 is 0. The van der Waals surface area contributed by atoms with Gasteiger partial charge in [-0.1, -0.05) is 6.42 Å². The molecular formula is C10H20N2. The van der Waals surface area contributed by atoms with Gasteiger partial charge in [-0.05, 0) is 45.3 Å². The molecule has 70 valence electrons. The summed E-state index contributed by atoms with van der Waals surface area (Å²) in [4.78, 5) is 2.61. The summed E-state index contributed by atoms with van der Waals surface area (Å²) in [6.45, 7) is 5.24. The van der Waals surface area contributed by atoms with Crippen LogP contribution in [0, 0.1) is 0 Å². The van der Waals surface area contributed by atoms with E-state index in [4.69, 9.17) is 0 Å². The minimum Gasteiger partial charge on any atom is -0.313 e. The first kappa shape index (κ1) is 8.52.